The fourth-order valence-electron chi connectivity index (χ4n) is 3.89. The summed E-state index contributed by atoms with van der Waals surface area (Å²) in [5.41, 5.74) is 7.26. The molecule has 0 aliphatic rings. The molecule has 0 spiro atoms. The molecular weight excluding hydrogens is 398 g/mol. The van der Waals surface area contributed by atoms with Crippen LogP contribution in [0.2, 0.25) is 0 Å². The van der Waals surface area contributed by atoms with Crippen LogP contribution < -0.4 is 4.74 Å². The van der Waals surface area contributed by atoms with Crippen LogP contribution in [0, 0.1) is 0 Å². The first-order chi connectivity index (χ1) is 15.8. The Kier molecular flexibility index (Phi) is 4.21. The van der Waals surface area contributed by atoms with E-state index in [9.17, 15) is 0 Å². The van der Waals surface area contributed by atoms with Crippen molar-refractivity contribution in [3.63, 3.8) is 0 Å². The number of imidazole rings is 1. The van der Waals surface area contributed by atoms with Crippen LogP contribution in [0.25, 0.3) is 50.7 Å². The molecule has 0 unspecified atom stereocenters. The molecule has 0 saturated heterocycles. The molecule has 0 atom stereocenters. The Labute approximate surface area is 184 Å². The van der Waals surface area contributed by atoms with Gasteiger partial charge in [0.25, 0.3) is 0 Å². The van der Waals surface area contributed by atoms with E-state index in [-0.39, 0.29) is 0 Å². The first kappa shape index (κ1) is 18.3. The van der Waals surface area contributed by atoms with Gasteiger partial charge in [-0.05, 0) is 42.5 Å². The molecule has 0 aliphatic carbocycles. The monoisotopic (exact) mass is 417 g/mol. The summed E-state index contributed by atoms with van der Waals surface area (Å²) in [6, 6.07) is 30.1. The van der Waals surface area contributed by atoms with Crippen LogP contribution in [0.4, 0.5) is 0 Å². The van der Waals surface area contributed by atoms with Crippen molar-refractivity contribution in [3.8, 4) is 39.8 Å². The second-order valence-corrected chi connectivity index (χ2v) is 7.52. The summed E-state index contributed by atoms with van der Waals surface area (Å²) < 4.78 is 7.22. The Bertz CT molecular complexity index is 1520. The summed E-state index contributed by atoms with van der Waals surface area (Å²) in [5, 5.41) is 4.87. The molecule has 32 heavy (non-hydrogen) atoms. The average molecular weight is 417 g/mol. The molecular formula is C26H19N5O. The number of aromatic nitrogens is 5. The van der Waals surface area contributed by atoms with Gasteiger partial charge in [0, 0.05) is 17.2 Å². The van der Waals surface area contributed by atoms with Crippen LogP contribution in [0.3, 0.4) is 0 Å². The third-order valence-electron chi connectivity index (χ3n) is 5.51. The van der Waals surface area contributed by atoms with Crippen LogP contribution in [0.15, 0.2) is 91.0 Å². The van der Waals surface area contributed by atoms with Crippen molar-refractivity contribution in [2.75, 3.05) is 7.11 Å². The maximum Gasteiger partial charge on any atom is 0.157 e. The van der Waals surface area contributed by atoms with Gasteiger partial charge in [0.2, 0.25) is 0 Å². The predicted octanol–water partition coefficient (Wildman–Crippen LogP) is 5.62. The van der Waals surface area contributed by atoms with E-state index in [4.69, 9.17) is 19.8 Å². The number of hydrogen-bond donors (Lipinski definition) is 1. The molecule has 3 heterocycles. The van der Waals surface area contributed by atoms with E-state index >= 15 is 0 Å². The molecule has 6 nitrogen and oxygen atoms in total. The molecule has 6 rings (SSSR count). The zero-order valence-corrected chi connectivity index (χ0v) is 17.4. The Morgan fingerprint density at radius 3 is 2.31 bits per heavy atom. The van der Waals surface area contributed by atoms with Gasteiger partial charge in [-0.2, -0.15) is 5.10 Å². The predicted molar refractivity (Wildman–Crippen MR) is 125 cm³/mol. The quantitative estimate of drug-likeness (QED) is 0.404. The normalized spacial score (nSPS) is 11.3. The van der Waals surface area contributed by atoms with Crippen LogP contribution >= 0.6 is 0 Å². The summed E-state index contributed by atoms with van der Waals surface area (Å²) in [7, 11) is 1.67. The molecule has 154 valence electrons. The second-order valence-electron chi connectivity index (χ2n) is 7.52. The van der Waals surface area contributed by atoms with Crippen LogP contribution in [0.5, 0.6) is 5.75 Å². The highest BCUT2D eigenvalue weighted by molar-refractivity contribution is 5.80. The molecule has 0 aliphatic heterocycles. The first-order valence-corrected chi connectivity index (χ1v) is 10.3. The number of nitrogens with one attached hydrogen (secondary N) is 1. The lowest BCUT2D eigenvalue weighted by Gasteiger charge is -2.08. The lowest BCUT2D eigenvalue weighted by Crippen LogP contribution is -1.99. The first-order valence-electron chi connectivity index (χ1n) is 10.3. The number of rotatable bonds is 4. The Morgan fingerprint density at radius 2 is 1.53 bits per heavy atom. The molecule has 0 radical (unpaired) electrons. The highest BCUT2D eigenvalue weighted by atomic mass is 16.5. The van der Waals surface area contributed by atoms with Crippen LogP contribution in [-0.4, -0.2) is 31.7 Å². The zero-order valence-electron chi connectivity index (χ0n) is 17.4. The van der Waals surface area contributed by atoms with Gasteiger partial charge >= 0.3 is 0 Å². The van der Waals surface area contributed by atoms with E-state index in [0.717, 1.165) is 56.5 Å². The molecule has 6 aromatic rings. The van der Waals surface area contributed by atoms with Crippen LogP contribution in [-0.2, 0) is 0 Å². The second kappa shape index (κ2) is 7.35. The SMILES string of the molecule is COc1ccc(-c2cc(-c3nc4ccccc4[nH]3)nc3cc(-c4ccccc4)nn23)cc1. The maximum absolute atomic E-state index is 5.33. The number of para-hydroxylation sites is 2. The fraction of sp³-hybridized carbons (Fsp3) is 0.0385. The van der Waals surface area contributed by atoms with Crippen molar-refractivity contribution in [1.82, 2.24) is 24.6 Å². The number of fused-ring (bicyclic) bond motifs is 2. The van der Waals surface area contributed by atoms with Crippen molar-refractivity contribution >= 4 is 16.7 Å². The third kappa shape index (κ3) is 3.09. The standard InChI is InChI=1S/C26H19N5O/c1-32-19-13-11-18(12-14-19)24-15-23(26-28-20-9-5-6-10-21(20)29-26)27-25-16-22(30-31(24)25)17-7-3-2-4-8-17/h2-16H,1H3,(H,28,29). The third-order valence-corrected chi connectivity index (χ3v) is 5.51. The molecule has 0 amide bonds. The fourth-order valence-corrected chi connectivity index (χ4v) is 3.89. The van der Waals surface area contributed by atoms with Gasteiger partial charge < -0.3 is 9.72 Å². The molecule has 0 fully saturated rings. The van der Waals surface area contributed by atoms with Crippen molar-refractivity contribution in [1.29, 1.82) is 0 Å². The Morgan fingerprint density at radius 1 is 0.750 bits per heavy atom. The van der Waals surface area contributed by atoms with Crippen molar-refractivity contribution in [2.45, 2.75) is 0 Å². The van der Waals surface area contributed by atoms with E-state index in [1.54, 1.807) is 7.11 Å². The smallest absolute Gasteiger partial charge is 0.157 e. The lowest BCUT2D eigenvalue weighted by atomic mass is 10.1. The number of aromatic amines is 1. The van der Waals surface area contributed by atoms with Gasteiger partial charge in [-0.25, -0.2) is 14.5 Å². The Hall–Kier alpha value is -4.45. The van der Waals surface area contributed by atoms with Gasteiger partial charge in [-0.3, -0.25) is 0 Å². The van der Waals surface area contributed by atoms with Crippen molar-refractivity contribution in [2.24, 2.45) is 0 Å². The van der Waals surface area contributed by atoms with Gasteiger partial charge in [0.05, 0.1) is 29.5 Å². The zero-order chi connectivity index (χ0) is 21.5. The van der Waals surface area contributed by atoms with Crippen molar-refractivity contribution in [3.05, 3.63) is 91.0 Å². The van der Waals surface area contributed by atoms with E-state index in [2.05, 4.69) is 17.1 Å². The summed E-state index contributed by atoms with van der Waals surface area (Å²) in [5.74, 6) is 1.54. The summed E-state index contributed by atoms with van der Waals surface area (Å²) in [4.78, 5) is 13.0. The summed E-state index contributed by atoms with van der Waals surface area (Å²) >= 11 is 0. The summed E-state index contributed by atoms with van der Waals surface area (Å²) in [6.45, 7) is 0. The minimum absolute atomic E-state index is 0.728. The maximum atomic E-state index is 5.33. The molecule has 0 saturated carbocycles. The Balaban J connectivity index is 1.58. The number of H-pyrrole nitrogens is 1. The lowest BCUT2D eigenvalue weighted by molar-refractivity contribution is 0.415. The van der Waals surface area contributed by atoms with Gasteiger partial charge in [-0.1, -0.05) is 42.5 Å². The molecule has 3 aromatic heterocycles. The highest BCUT2D eigenvalue weighted by Crippen LogP contribution is 2.29. The molecule has 6 heteroatoms. The van der Waals surface area contributed by atoms with E-state index in [1.807, 2.05) is 83.4 Å². The summed E-state index contributed by atoms with van der Waals surface area (Å²) in [6.07, 6.45) is 0. The number of methoxy groups -OCH3 is 1. The number of ether oxygens (including phenoxy) is 1. The van der Waals surface area contributed by atoms with Gasteiger partial charge in [0.1, 0.15) is 11.4 Å². The van der Waals surface area contributed by atoms with Gasteiger partial charge in [-0.15, -0.1) is 0 Å². The topological polar surface area (TPSA) is 68.1 Å². The van der Waals surface area contributed by atoms with E-state index in [0.29, 0.717) is 0 Å². The van der Waals surface area contributed by atoms with Crippen LogP contribution in [0.1, 0.15) is 0 Å². The van der Waals surface area contributed by atoms with E-state index < -0.39 is 0 Å². The largest absolute Gasteiger partial charge is 0.497 e. The number of nitrogens with zero attached hydrogens (tertiary/aromatic N) is 4. The highest BCUT2D eigenvalue weighted by Gasteiger charge is 2.15. The molecule has 1 N–H and O–H groups in total. The minimum Gasteiger partial charge on any atom is -0.497 e. The van der Waals surface area contributed by atoms with Gasteiger partial charge in [0.15, 0.2) is 11.5 Å². The van der Waals surface area contributed by atoms with E-state index in [1.165, 1.54) is 0 Å². The minimum atomic E-state index is 0.728. The average Bonchev–Trinajstić information content (AvgIpc) is 3.48. The number of hydrogen-bond acceptors (Lipinski definition) is 4. The molecule has 3 aromatic carbocycles. The molecule has 0 bridgehead atoms. The number of benzene rings is 3. The van der Waals surface area contributed by atoms with Crippen molar-refractivity contribution < 1.29 is 4.74 Å².